The molecule has 9 nitrogen and oxygen atoms in total. The summed E-state index contributed by atoms with van der Waals surface area (Å²) in [6.07, 6.45) is 4.29. The van der Waals surface area contributed by atoms with E-state index in [1.807, 2.05) is 0 Å². The molecule has 3 atom stereocenters. The Morgan fingerprint density at radius 3 is 2.70 bits per heavy atom. The number of aromatic nitrogens is 2. The number of aryl methyl sites for hydroxylation is 1. The van der Waals surface area contributed by atoms with Gasteiger partial charge in [-0.25, -0.2) is 4.79 Å². The smallest absolute Gasteiger partial charge is 0.330 e. The van der Waals surface area contributed by atoms with E-state index in [9.17, 15) is 24.6 Å². The van der Waals surface area contributed by atoms with Gasteiger partial charge >= 0.3 is 5.69 Å². The van der Waals surface area contributed by atoms with E-state index in [-0.39, 0.29) is 30.4 Å². The summed E-state index contributed by atoms with van der Waals surface area (Å²) < 4.78 is 6.97. The molecule has 0 aromatic carbocycles. The lowest BCUT2D eigenvalue weighted by Crippen LogP contribution is -2.48. The van der Waals surface area contributed by atoms with Crippen LogP contribution in [0.15, 0.2) is 15.8 Å². The van der Waals surface area contributed by atoms with Crippen LogP contribution in [-0.4, -0.2) is 50.5 Å². The molecule has 1 aliphatic heterocycles. The van der Waals surface area contributed by atoms with Gasteiger partial charge < -0.3 is 20.3 Å². The van der Waals surface area contributed by atoms with Gasteiger partial charge in [-0.3, -0.25) is 19.1 Å². The van der Waals surface area contributed by atoms with Crippen molar-refractivity contribution in [2.24, 2.45) is 0 Å². The van der Waals surface area contributed by atoms with Crippen LogP contribution in [0.3, 0.4) is 0 Å². The first-order chi connectivity index (χ1) is 12.8. The largest absolute Gasteiger partial charge is 0.394 e. The number of nitrogens with zero attached hydrogens (tertiary/aromatic N) is 1. The van der Waals surface area contributed by atoms with Gasteiger partial charge in [0.2, 0.25) is 5.91 Å². The van der Waals surface area contributed by atoms with Crippen molar-refractivity contribution < 1.29 is 19.7 Å². The average molecular weight is 381 g/mol. The van der Waals surface area contributed by atoms with E-state index >= 15 is 0 Å². The van der Waals surface area contributed by atoms with Crippen molar-refractivity contribution in [1.29, 1.82) is 0 Å². The van der Waals surface area contributed by atoms with E-state index in [1.165, 1.54) is 6.20 Å². The second kappa shape index (κ2) is 7.95. The molecule has 1 aromatic heterocycles. The van der Waals surface area contributed by atoms with Crippen LogP contribution in [0.5, 0.6) is 0 Å². The predicted molar refractivity (Wildman–Crippen MR) is 96.2 cm³/mol. The van der Waals surface area contributed by atoms with Gasteiger partial charge in [0.05, 0.1) is 19.1 Å². The summed E-state index contributed by atoms with van der Waals surface area (Å²) in [4.78, 5) is 39.0. The van der Waals surface area contributed by atoms with Crippen molar-refractivity contribution in [3.05, 3.63) is 32.6 Å². The lowest BCUT2D eigenvalue weighted by molar-refractivity contribution is -0.146. The van der Waals surface area contributed by atoms with Crippen LogP contribution >= 0.6 is 0 Å². The summed E-state index contributed by atoms with van der Waals surface area (Å²) in [7, 11) is 0. The van der Waals surface area contributed by atoms with Gasteiger partial charge in [0.15, 0.2) is 5.72 Å². The number of aliphatic hydroxyl groups excluding tert-OH is 2. The van der Waals surface area contributed by atoms with Crippen molar-refractivity contribution in [1.82, 2.24) is 14.9 Å². The average Bonchev–Trinajstić information content (AvgIpc) is 2.95. The molecular weight excluding hydrogens is 354 g/mol. The summed E-state index contributed by atoms with van der Waals surface area (Å²) >= 11 is 0. The summed E-state index contributed by atoms with van der Waals surface area (Å²) in [6, 6.07) is 0.0947. The topological polar surface area (TPSA) is 134 Å². The maximum absolute atomic E-state index is 12.7. The number of aliphatic hydroxyl groups is 2. The summed E-state index contributed by atoms with van der Waals surface area (Å²) in [6.45, 7) is 1.10. The number of rotatable bonds is 5. The minimum Gasteiger partial charge on any atom is -0.394 e. The Hall–Kier alpha value is -1.97. The molecule has 0 radical (unpaired) electrons. The van der Waals surface area contributed by atoms with E-state index in [2.05, 4.69) is 10.3 Å². The third kappa shape index (κ3) is 4.15. The number of aromatic amines is 1. The molecule has 27 heavy (non-hydrogen) atoms. The number of hydrogen-bond donors (Lipinski definition) is 4. The number of ether oxygens (including phenoxy) is 1. The van der Waals surface area contributed by atoms with E-state index in [0.29, 0.717) is 0 Å². The molecule has 2 fully saturated rings. The molecule has 0 unspecified atom stereocenters. The van der Waals surface area contributed by atoms with Crippen LogP contribution in [0, 0.1) is 6.92 Å². The highest BCUT2D eigenvalue weighted by atomic mass is 16.6. The summed E-state index contributed by atoms with van der Waals surface area (Å²) in [5.41, 5.74) is -2.41. The Bertz CT molecular complexity index is 797. The number of carbonyl (C=O) groups excluding carboxylic acids is 1. The maximum atomic E-state index is 12.7. The Balaban J connectivity index is 1.89. The molecule has 2 aliphatic rings. The zero-order valence-electron chi connectivity index (χ0n) is 15.4. The number of amides is 1. The molecule has 1 amide bonds. The predicted octanol–water partition coefficient (Wildman–Crippen LogP) is -0.521. The van der Waals surface area contributed by atoms with Crippen molar-refractivity contribution in [2.45, 2.75) is 75.8 Å². The molecule has 0 bridgehead atoms. The van der Waals surface area contributed by atoms with Gasteiger partial charge in [-0.15, -0.1) is 0 Å². The molecule has 0 spiro atoms. The monoisotopic (exact) mass is 381 g/mol. The minimum absolute atomic E-state index is 0.0400. The molecular formula is C18H27N3O6. The van der Waals surface area contributed by atoms with Crippen LogP contribution in [0.25, 0.3) is 0 Å². The van der Waals surface area contributed by atoms with Crippen molar-refractivity contribution in [2.75, 3.05) is 6.61 Å². The molecule has 1 saturated carbocycles. The van der Waals surface area contributed by atoms with Gasteiger partial charge in [0.25, 0.3) is 5.56 Å². The summed E-state index contributed by atoms with van der Waals surface area (Å²) in [5.74, 6) is -0.288. The third-order valence-electron chi connectivity index (χ3n) is 5.47. The number of H-pyrrole nitrogens is 1. The molecule has 1 saturated heterocycles. The van der Waals surface area contributed by atoms with Gasteiger partial charge in [-0.1, -0.05) is 19.3 Å². The van der Waals surface area contributed by atoms with E-state index in [1.54, 1.807) is 6.92 Å². The Morgan fingerprint density at radius 1 is 1.37 bits per heavy atom. The highest BCUT2D eigenvalue weighted by Crippen LogP contribution is 2.37. The Morgan fingerprint density at radius 2 is 2.07 bits per heavy atom. The fraction of sp³-hybridized carbons (Fsp3) is 0.722. The number of carbonyl (C=O) groups is 1. The number of nitrogens with one attached hydrogen (secondary N) is 2. The summed E-state index contributed by atoms with van der Waals surface area (Å²) in [5, 5.41) is 22.7. The molecule has 150 valence electrons. The molecule has 1 aliphatic carbocycles. The van der Waals surface area contributed by atoms with Crippen LogP contribution < -0.4 is 16.6 Å². The maximum Gasteiger partial charge on any atom is 0.330 e. The second-order valence-corrected chi connectivity index (χ2v) is 7.58. The molecule has 9 heteroatoms. The van der Waals surface area contributed by atoms with Crippen LogP contribution in [-0.2, 0) is 15.3 Å². The first-order valence-corrected chi connectivity index (χ1v) is 9.44. The Labute approximate surface area is 156 Å². The van der Waals surface area contributed by atoms with E-state index in [0.717, 1.165) is 36.7 Å². The third-order valence-corrected chi connectivity index (χ3v) is 5.47. The fourth-order valence-electron chi connectivity index (χ4n) is 4.03. The van der Waals surface area contributed by atoms with Gasteiger partial charge in [-0.2, -0.15) is 0 Å². The van der Waals surface area contributed by atoms with Crippen LogP contribution in [0.2, 0.25) is 0 Å². The highest BCUT2D eigenvalue weighted by Gasteiger charge is 2.49. The van der Waals surface area contributed by atoms with Gasteiger partial charge in [0.1, 0.15) is 6.10 Å². The molecule has 4 N–H and O–H groups in total. The second-order valence-electron chi connectivity index (χ2n) is 7.58. The lowest BCUT2D eigenvalue weighted by atomic mass is 9.95. The molecule has 2 heterocycles. The van der Waals surface area contributed by atoms with Crippen LogP contribution in [0.1, 0.15) is 50.5 Å². The van der Waals surface area contributed by atoms with Crippen molar-refractivity contribution in [3.8, 4) is 0 Å². The highest BCUT2D eigenvalue weighted by molar-refractivity contribution is 5.77. The van der Waals surface area contributed by atoms with Crippen molar-refractivity contribution in [3.63, 3.8) is 0 Å². The normalized spacial score (nSPS) is 29.0. The fourth-order valence-corrected chi connectivity index (χ4v) is 4.03. The SMILES string of the molecule is Cc1cn([C@@]2(CC(=O)NC3CCCCC3)C[C@H](O)[C@@H](CO)O2)c(=O)[nH]c1=O. The first-order valence-electron chi connectivity index (χ1n) is 9.44. The quantitative estimate of drug-likeness (QED) is 0.542. The van der Waals surface area contributed by atoms with Gasteiger partial charge in [0, 0.05) is 24.2 Å². The van der Waals surface area contributed by atoms with Crippen LogP contribution in [0.4, 0.5) is 0 Å². The van der Waals surface area contributed by atoms with Crippen molar-refractivity contribution >= 4 is 5.91 Å². The lowest BCUT2D eigenvalue weighted by Gasteiger charge is -2.32. The zero-order chi connectivity index (χ0) is 19.6. The Kier molecular flexibility index (Phi) is 5.83. The first kappa shape index (κ1) is 19.8. The number of hydrogen-bond acceptors (Lipinski definition) is 6. The van der Waals surface area contributed by atoms with E-state index in [4.69, 9.17) is 4.74 Å². The van der Waals surface area contributed by atoms with Gasteiger partial charge in [-0.05, 0) is 19.8 Å². The zero-order valence-corrected chi connectivity index (χ0v) is 15.4. The minimum atomic E-state index is -1.46. The molecule has 3 rings (SSSR count). The molecule has 1 aromatic rings. The standard InChI is InChI=1S/C18H27N3O6/c1-11-9-21(17(26)20-16(11)25)18(7-13(23)14(10-22)27-18)8-15(24)19-12-5-3-2-4-6-12/h9,12-14,22-23H,2-8,10H2,1H3,(H,19,24)(H,20,25,26)/t13-,14+,18-/m0/s1. The van der Waals surface area contributed by atoms with E-state index < -0.39 is 35.8 Å².